The summed E-state index contributed by atoms with van der Waals surface area (Å²) in [5, 5.41) is 2.48. The fourth-order valence-electron chi connectivity index (χ4n) is 2.79. The summed E-state index contributed by atoms with van der Waals surface area (Å²) >= 11 is 3.41. The van der Waals surface area contributed by atoms with Crippen LogP contribution in [0, 0.1) is 0 Å². The van der Waals surface area contributed by atoms with Crippen LogP contribution in [-0.2, 0) is 11.0 Å². The number of nitrogens with one attached hydrogen (secondary N) is 1. The van der Waals surface area contributed by atoms with Gasteiger partial charge in [0, 0.05) is 16.8 Å². The number of alkyl halides is 3. The van der Waals surface area contributed by atoms with Crippen molar-refractivity contribution in [1.29, 1.82) is 0 Å². The van der Waals surface area contributed by atoms with Crippen LogP contribution in [-0.4, -0.2) is 19.6 Å². The molecule has 0 radical (unpaired) electrons. The van der Waals surface area contributed by atoms with Crippen LogP contribution >= 0.6 is 15.9 Å². The van der Waals surface area contributed by atoms with E-state index in [1.807, 2.05) is 6.92 Å². The van der Waals surface area contributed by atoms with Gasteiger partial charge in [0.1, 0.15) is 0 Å². The Kier molecular flexibility index (Phi) is 5.19. The quantitative estimate of drug-likeness (QED) is 0.648. The third-order valence-corrected chi connectivity index (χ3v) is 4.57. The van der Waals surface area contributed by atoms with Gasteiger partial charge < -0.3 is 14.8 Å². The van der Waals surface area contributed by atoms with Gasteiger partial charge in [0.25, 0.3) is 5.91 Å². The molecule has 8 heteroatoms. The van der Waals surface area contributed by atoms with Gasteiger partial charge in [-0.25, -0.2) is 0 Å². The molecule has 0 aliphatic carbocycles. The summed E-state index contributed by atoms with van der Waals surface area (Å²) in [6, 6.07) is 6.63. The third-order valence-electron chi connectivity index (χ3n) is 3.98. The van der Waals surface area contributed by atoms with E-state index in [0.29, 0.717) is 33.7 Å². The monoisotopic (exact) mass is 441 g/mol. The summed E-state index contributed by atoms with van der Waals surface area (Å²) in [6.07, 6.45) is -2.88. The Morgan fingerprint density at radius 3 is 2.59 bits per heavy atom. The summed E-state index contributed by atoms with van der Waals surface area (Å²) in [7, 11) is 1.50. The molecule has 2 aromatic rings. The molecule has 1 N–H and O–H groups in total. The first-order valence-corrected chi connectivity index (χ1v) is 8.79. The minimum Gasteiger partial charge on any atom is -0.493 e. The number of fused-ring (bicyclic) bond motifs is 1. The Morgan fingerprint density at radius 2 is 1.96 bits per heavy atom. The maximum atomic E-state index is 12.9. The van der Waals surface area contributed by atoms with E-state index in [9.17, 15) is 18.0 Å². The van der Waals surface area contributed by atoms with E-state index in [2.05, 4.69) is 21.2 Å². The van der Waals surface area contributed by atoms with E-state index in [4.69, 9.17) is 9.47 Å². The molecule has 0 atom stereocenters. The van der Waals surface area contributed by atoms with Crippen molar-refractivity contribution >= 4 is 39.2 Å². The molecule has 0 spiro atoms. The smallest absolute Gasteiger partial charge is 0.416 e. The topological polar surface area (TPSA) is 47.6 Å². The Labute approximate surface area is 162 Å². The van der Waals surface area contributed by atoms with Crippen LogP contribution in [0.5, 0.6) is 11.5 Å². The van der Waals surface area contributed by atoms with E-state index < -0.39 is 17.6 Å². The van der Waals surface area contributed by atoms with Crippen molar-refractivity contribution < 1.29 is 27.4 Å². The number of carbonyl (C=O) groups excluding carboxylic acids is 1. The summed E-state index contributed by atoms with van der Waals surface area (Å²) < 4.78 is 50.1. The van der Waals surface area contributed by atoms with Crippen molar-refractivity contribution in [3.63, 3.8) is 0 Å². The zero-order chi connectivity index (χ0) is 19.8. The Balaban J connectivity index is 2.04. The molecule has 0 saturated carbocycles. The largest absolute Gasteiger partial charge is 0.493 e. The van der Waals surface area contributed by atoms with E-state index in [1.165, 1.54) is 13.2 Å². The second-order valence-electron chi connectivity index (χ2n) is 5.74. The first kappa shape index (κ1) is 19.3. The lowest BCUT2D eigenvalue weighted by Crippen LogP contribution is -2.06. The van der Waals surface area contributed by atoms with Gasteiger partial charge >= 0.3 is 6.18 Å². The van der Waals surface area contributed by atoms with Gasteiger partial charge in [0.2, 0.25) is 0 Å². The molecule has 1 heterocycles. The molecule has 3 rings (SSSR count). The number of benzene rings is 2. The number of carbonyl (C=O) groups is 1. The molecular weight excluding hydrogens is 427 g/mol. The van der Waals surface area contributed by atoms with Crippen molar-refractivity contribution in [3.8, 4) is 11.5 Å². The number of amides is 1. The van der Waals surface area contributed by atoms with Crippen LogP contribution in [0.4, 0.5) is 18.9 Å². The number of anilines is 1. The van der Waals surface area contributed by atoms with Crippen molar-refractivity contribution in [1.82, 2.24) is 0 Å². The molecule has 0 bridgehead atoms. The lowest BCUT2D eigenvalue weighted by molar-refractivity contribution is -0.137. The Bertz CT molecular complexity index is 939. The highest BCUT2D eigenvalue weighted by molar-refractivity contribution is 9.10. The van der Waals surface area contributed by atoms with Crippen LogP contribution in [0.15, 0.2) is 34.8 Å². The second-order valence-corrected chi connectivity index (χ2v) is 6.59. The minimum atomic E-state index is -4.47. The fourth-order valence-corrected chi connectivity index (χ4v) is 3.36. The molecule has 1 amide bonds. The molecule has 0 saturated heterocycles. The summed E-state index contributed by atoms with van der Waals surface area (Å²) in [6.45, 7) is 2.30. The number of hydrogen-bond donors (Lipinski definition) is 1. The van der Waals surface area contributed by atoms with Gasteiger partial charge in [-0.15, -0.1) is 0 Å². The summed E-state index contributed by atoms with van der Waals surface area (Å²) in [4.78, 5) is 12.3. The normalized spacial score (nSPS) is 14.9. The molecular formula is C19H15BrF3NO3. The van der Waals surface area contributed by atoms with Gasteiger partial charge in [-0.05, 0) is 58.8 Å². The predicted octanol–water partition coefficient (Wildman–Crippen LogP) is 5.37. The standard InChI is InChI=1S/C19H15BrF3NO3/c1-3-27-17-14(20)7-10(8-16(17)26-2)6-13-12-5-4-11(19(21,22)23)9-15(12)24-18(13)25/h4-9H,3H2,1-2H3,(H,24,25)/b13-6-. The van der Waals surface area contributed by atoms with Crippen LogP contribution in [0.3, 0.4) is 0 Å². The fraction of sp³-hybridized carbons (Fsp3) is 0.211. The van der Waals surface area contributed by atoms with Crippen LogP contribution in [0.25, 0.3) is 11.6 Å². The summed E-state index contributed by atoms with van der Waals surface area (Å²) in [5.41, 5.74) is 0.653. The molecule has 0 unspecified atom stereocenters. The second kappa shape index (κ2) is 7.26. The van der Waals surface area contributed by atoms with Crippen LogP contribution < -0.4 is 14.8 Å². The van der Waals surface area contributed by atoms with Crippen LogP contribution in [0.1, 0.15) is 23.6 Å². The van der Waals surface area contributed by atoms with Crippen molar-refractivity contribution in [2.75, 3.05) is 19.0 Å². The number of halogens is 4. The van der Waals surface area contributed by atoms with E-state index in [-0.39, 0.29) is 11.3 Å². The average Bonchev–Trinajstić information content (AvgIpc) is 2.91. The maximum absolute atomic E-state index is 12.9. The van der Waals surface area contributed by atoms with Crippen LogP contribution in [0.2, 0.25) is 0 Å². The average molecular weight is 442 g/mol. The lowest BCUT2D eigenvalue weighted by atomic mass is 10.0. The SMILES string of the molecule is CCOc1c(Br)cc(/C=C2\C(=O)Nc3cc(C(F)(F)F)ccc32)cc1OC. The number of methoxy groups -OCH3 is 1. The zero-order valence-corrected chi connectivity index (χ0v) is 16.0. The maximum Gasteiger partial charge on any atom is 0.416 e. The highest BCUT2D eigenvalue weighted by Crippen LogP contribution is 2.40. The highest BCUT2D eigenvalue weighted by Gasteiger charge is 2.33. The summed E-state index contributed by atoms with van der Waals surface area (Å²) in [5.74, 6) is 0.547. The van der Waals surface area contributed by atoms with Gasteiger partial charge in [-0.3, -0.25) is 4.79 Å². The first-order chi connectivity index (χ1) is 12.7. The van der Waals surface area contributed by atoms with Crippen molar-refractivity contribution in [2.24, 2.45) is 0 Å². The molecule has 4 nitrogen and oxygen atoms in total. The zero-order valence-electron chi connectivity index (χ0n) is 14.4. The Hall–Kier alpha value is -2.48. The molecule has 0 fully saturated rings. The van der Waals surface area contributed by atoms with E-state index >= 15 is 0 Å². The lowest BCUT2D eigenvalue weighted by Gasteiger charge is -2.12. The molecule has 27 heavy (non-hydrogen) atoms. The molecule has 2 aromatic carbocycles. The van der Waals surface area contributed by atoms with E-state index in [0.717, 1.165) is 12.1 Å². The third kappa shape index (κ3) is 3.80. The molecule has 1 aliphatic heterocycles. The minimum absolute atomic E-state index is 0.137. The number of hydrogen-bond acceptors (Lipinski definition) is 3. The van der Waals surface area contributed by atoms with Crippen molar-refractivity contribution in [3.05, 3.63) is 51.5 Å². The van der Waals surface area contributed by atoms with Gasteiger partial charge in [-0.1, -0.05) is 6.07 Å². The van der Waals surface area contributed by atoms with Crippen molar-refractivity contribution in [2.45, 2.75) is 13.1 Å². The number of ether oxygens (including phenoxy) is 2. The predicted molar refractivity (Wildman–Crippen MR) is 99.8 cm³/mol. The Morgan fingerprint density at radius 1 is 1.22 bits per heavy atom. The highest BCUT2D eigenvalue weighted by atomic mass is 79.9. The first-order valence-electron chi connectivity index (χ1n) is 7.99. The van der Waals surface area contributed by atoms with Gasteiger partial charge in [0.15, 0.2) is 11.5 Å². The molecule has 1 aliphatic rings. The number of rotatable bonds is 4. The molecule has 142 valence electrons. The van der Waals surface area contributed by atoms with Gasteiger partial charge in [-0.2, -0.15) is 13.2 Å². The van der Waals surface area contributed by atoms with E-state index in [1.54, 1.807) is 18.2 Å². The van der Waals surface area contributed by atoms with Gasteiger partial charge in [0.05, 0.1) is 23.8 Å². The molecule has 0 aromatic heterocycles.